The van der Waals surface area contributed by atoms with Crippen LogP contribution in [-0.4, -0.2) is 16.7 Å². The van der Waals surface area contributed by atoms with Gasteiger partial charge in [-0.05, 0) is 12.3 Å². The number of hydrogen-bond donors (Lipinski definition) is 1. The zero-order valence-electron chi connectivity index (χ0n) is 8.34. The second-order valence-corrected chi connectivity index (χ2v) is 4.63. The van der Waals surface area contributed by atoms with Gasteiger partial charge in [0.05, 0.1) is 5.69 Å². The maximum atomic E-state index is 5.86. The van der Waals surface area contributed by atoms with E-state index in [2.05, 4.69) is 15.5 Å². The minimum atomic E-state index is 0.366. The zero-order valence-corrected chi connectivity index (χ0v) is 9.85. The third-order valence-corrected chi connectivity index (χ3v) is 3.28. The van der Waals surface area contributed by atoms with E-state index in [1.54, 1.807) is 6.07 Å². The molecule has 0 aromatic carbocycles. The maximum Gasteiger partial charge on any atom is 0.174 e. The third-order valence-electron chi connectivity index (χ3n) is 2.81. The van der Waals surface area contributed by atoms with Gasteiger partial charge >= 0.3 is 0 Å². The largest absolute Gasteiger partial charge is 0.382 e. The summed E-state index contributed by atoms with van der Waals surface area (Å²) in [5.74, 6) is 0.890. The van der Waals surface area contributed by atoms with E-state index >= 15 is 0 Å². The van der Waals surface area contributed by atoms with Crippen molar-refractivity contribution in [2.24, 2.45) is 5.92 Å². The summed E-state index contributed by atoms with van der Waals surface area (Å²) in [6.45, 7) is 0.923. The number of rotatable bonds is 4. The SMILES string of the molecule is Clc1cc(NCCC2CCC2)c(Cl)nn1. The van der Waals surface area contributed by atoms with Gasteiger partial charge in [0.15, 0.2) is 10.3 Å². The summed E-state index contributed by atoms with van der Waals surface area (Å²) in [5, 5.41) is 11.4. The predicted octanol–water partition coefficient (Wildman–Crippen LogP) is 3.39. The highest BCUT2D eigenvalue weighted by Gasteiger charge is 2.16. The van der Waals surface area contributed by atoms with E-state index in [1.807, 2.05) is 0 Å². The molecule has 1 aliphatic carbocycles. The average Bonchev–Trinajstić information content (AvgIpc) is 2.15. The highest BCUT2D eigenvalue weighted by molar-refractivity contribution is 6.33. The summed E-state index contributed by atoms with van der Waals surface area (Å²) in [7, 11) is 0. The van der Waals surface area contributed by atoms with E-state index in [9.17, 15) is 0 Å². The van der Waals surface area contributed by atoms with Gasteiger partial charge in [-0.3, -0.25) is 0 Å². The van der Waals surface area contributed by atoms with Crippen LogP contribution in [0.4, 0.5) is 5.69 Å². The number of aromatic nitrogens is 2. The fourth-order valence-corrected chi connectivity index (χ4v) is 1.98. The van der Waals surface area contributed by atoms with E-state index < -0.39 is 0 Å². The van der Waals surface area contributed by atoms with Crippen molar-refractivity contribution in [2.45, 2.75) is 25.7 Å². The first kappa shape index (κ1) is 11.0. The Hall–Kier alpha value is -0.540. The lowest BCUT2D eigenvalue weighted by Gasteiger charge is -2.25. The van der Waals surface area contributed by atoms with E-state index in [-0.39, 0.29) is 0 Å². The van der Waals surface area contributed by atoms with Crippen molar-refractivity contribution in [3.05, 3.63) is 16.4 Å². The van der Waals surface area contributed by atoms with Gasteiger partial charge in [-0.15, -0.1) is 10.2 Å². The summed E-state index contributed by atoms with van der Waals surface area (Å²) < 4.78 is 0. The van der Waals surface area contributed by atoms with Gasteiger partial charge in [-0.25, -0.2) is 0 Å². The summed E-state index contributed by atoms with van der Waals surface area (Å²) >= 11 is 11.6. The molecule has 0 spiro atoms. The van der Waals surface area contributed by atoms with Crippen LogP contribution >= 0.6 is 23.2 Å². The molecule has 1 heterocycles. The quantitative estimate of drug-likeness (QED) is 0.884. The van der Waals surface area contributed by atoms with Crippen LogP contribution in [0, 0.1) is 5.92 Å². The Bertz CT molecular complexity index is 339. The molecule has 0 aliphatic heterocycles. The van der Waals surface area contributed by atoms with Gasteiger partial charge < -0.3 is 5.32 Å². The van der Waals surface area contributed by atoms with Crippen LogP contribution in [0.15, 0.2) is 6.07 Å². The summed E-state index contributed by atoms with van der Waals surface area (Å²) in [6.07, 6.45) is 5.31. The smallest absolute Gasteiger partial charge is 0.174 e. The van der Waals surface area contributed by atoms with E-state index in [4.69, 9.17) is 23.2 Å². The molecule has 0 atom stereocenters. The lowest BCUT2D eigenvalue weighted by atomic mass is 9.83. The fourth-order valence-electron chi connectivity index (χ4n) is 1.67. The number of anilines is 1. The van der Waals surface area contributed by atoms with Crippen molar-refractivity contribution in [2.75, 3.05) is 11.9 Å². The van der Waals surface area contributed by atoms with Crippen LogP contribution in [0.5, 0.6) is 0 Å². The normalized spacial score (nSPS) is 16.1. The Labute approximate surface area is 99.2 Å². The number of nitrogens with one attached hydrogen (secondary N) is 1. The first-order chi connectivity index (χ1) is 7.25. The maximum absolute atomic E-state index is 5.86. The minimum absolute atomic E-state index is 0.366. The van der Waals surface area contributed by atoms with E-state index in [1.165, 1.54) is 25.7 Å². The summed E-state index contributed by atoms with van der Waals surface area (Å²) in [5.41, 5.74) is 0.774. The zero-order chi connectivity index (χ0) is 10.7. The molecular formula is C10H13Cl2N3. The fraction of sp³-hybridized carbons (Fsp3) is 0.600. The van der Waals surface area contributed by atoms with Crippen molar-refractivity contribution in [1.29, 1.82) is 0 Å². The predicted molar refractivity (Wildman–Crippen MR) is 62.5 cm³/mol. The molecule has 82 valence electrons. The van der Waals surface area contributed by atoms with Crippen LogP contribution in [0.2, 0.25) is 10.3 Å². The van der Waals surface area contributed by atoms with Crippen molar-refractivity contribution in [3.8, 4) is 0 Å². The first-order valence-corrected chi connectivity index (χ1v) is 5.94. The number of halogens is 2. The molecule has 15 heavy (non-hydrogen) atoms. The van der Waals surface area contributed by atoms with Crippen LogP contribution in [0.1, 0.15) is 25.7 Å². The molecule has 0 unspecified atom stereocenters. The van der Waals surface area contributed by atoms with Crippen molar-refractivity contribution < 1.29 is 0 Å². The molecule has 1 aliphatic rings. The van der Waals surface area contributed by atoms with E-state index in [0.29, 0.717) is 10.3 Å². The molecule has 0 bridgehead atoms. The third kappa shape index (κ3) is 2.95. The van der Waals surface area contributed by atoms with Gasteiger partial charge in [0.2, 0.25) is 0 Å². The average molecular weight is 246 g/mol. The first-order valence-electron chi connectivity index (χ1n) is 5.18. The molecule has 5 heteroatoms. The lowest BCUT2D eigenvalue weighted by molar-refractivity contribution is 0.303. The molecule has 0 saturated heterocycles. The van der Waals surface area contributed by atoms with Gasteiger partial charge in [0.25, 0.3) is 0 Å². The monoisotopic (exact) mass is 245 g/mol. The summed E-state index contributed by atoms with van der Waals surface area (Å²) in [6, 6.07) is 1.71. The van der Waals surface area contributed by atoms with Gasteiger partial charge in [-0.2, -0.15) is 0 Å². The highest BCUT2D eigenvalue weighted by atomic mass is 35.5. The van der Waals surface area contributed by atoms with E-state index in [0.717, 1.165) is 18.2 Å². The standard InChI is InChI=1S/C10H13Cl2N3/c11-9-6-8(10(12)15-14-9)13-5-4-7-2-1-3-7/h6-7H,1-5H2,(H,13,14). The molecule has 2 rings (SSSR count). The Morgan fingerprint density at radius 2 is 2.13 bits per heavy atom. The molecule has 1 fully saturated rings. The summed E-state index contributed by atoms with van der Waals surface area (Å²) in [4.78, 5) is 0. The van der Waals surface area contributed by atoms with Gasteiger partial charge in [-0.1, -0.05) is 42.5 Å². The van der Waals surface area contributed by atoms with Crippen LogP contribution in [0.3, 0.4) is 0 Å². The second-order valence-electron chi connectivity index (χ2n) is 3.88. The molecule has 0 radical (unpaired) electrons. The number of nitrogens with zero attached hydrogens (tertiary/aromatic N) is 2. The van der Waals surface area contributed by atoms with Crippen LogP contribution < -0.4 is 5.32 Å². The van der Waals surface area contributed by atoms with Gasteiger partial charge in [0.1, 0.15) is 0 Å². The molecular weight excluding hydrogens is 233 g/mol. The van der Waals surface area contributed by atoms with Crippen molar-refractivity contribution in [3.63, 3.8) is 0 Å². The Morgan fingerprint density at radius 1 is 1.33 bits per heavy atom. The van der Waals surface area contributed by atoms with Crippen molar-refractivity contribution in [1.82, 2.24) is 10.2 Å². The Balaban J connectivity index is 1.83. The lowest BCUT2D eigenvalue weighted by Crippen LogP contribution is -2.15. The number of hydrogen-bond acceptors (Lipinski definition) is 3. The highest BCUT2D eigenvalue weighted by Crippen LogP contribution is 2.29. The second kappa shape index (κ2) is 4.99. The van der Waals surface area contributed by atoms with Crippen LogP contribution in [-0.2, 0) is 0 Å². The molecule has 0 amide bonds. The van der Waals surface area contributed by atoms with Crippen molar-refractivity contribution >= 4 is 28.9 Å². The molecule has 1 N–H and O–H groups in total. The molecule has 1 saturated carbocycles. The van der Waals surface area contributed by atoms with Gasteiger partial charge in [0, 0.05) is 12.6 Å². The Morgan fingerprint density at radius 3 is 2.80 bits per heavy atom. The molecule has 1 aromatic rings. The van der Waals surface area contributed by atoms with Crippen LogP contribution in [0.25, 0.3) is 0 Å². The molecule has 1 aromatic heterocycles. The molecule has 3 nitrogen and oxygen atoms in total. The Kier molecular flexibility index (Phi) is 3.65. The topological polar surface area (TPSA) is 37.8 Å². The minimum Gasteiger partial charge on any atom is -0.382 e.